The van der Waals surface area contributed by atoms with E-state index in [1.165, 1.54) is 18.2 Å². The van der Waals surface area contributed by atoms with Gasteiger partial charge in [0.2, 0.25) is 0 Å². The second kappa shape index (κ2) is 8.28. The zero-order chi connectivity index (χ0) is 20.2. The molecule has 0 radical (unpaired) electrons. The molecule has 7 heteroatoms. The van der Waals surface area contributed by atoms with Crippen LogP contribution in [0.1, 0.15) is 22.2 Å². The maximum atomic E-state index is 13.0. The van der Waals surface area contributed by atoms with E-state index < -0.39 is 5.97 Å². The fraction of sp³-hybridized carbons (Fsp3) is 0.182. The summed E-state index contributed by atoms with van der Waals surface area (Å²) in [5.74, 6) is 0.463. The summed E-state index contributed by atoms with van der Waals surface area (Å²) in [6.45, 7) is 1.71. The molecule has 1 atom stereocenters. The maximum Gasteiger partial charge on any atom is 0.354 e. The third kappa shape index (κ3) is 4.52. The Labute approximate surface area is 167 Å². The summed E-state index contributed by atoms with van der Waals surface area (Å²) < 4.78 is 24.6. The van der Waals surface area contributed by atoms with Crippen LogP contribution in [-0.2, 0) is 4.74 Å². The van der Waals surface area contributed by atoms with E-state index in [0.29, 0.717) is 37.0 Å². The van der Waals surface area contributed by atoms with Gasteiger partial charge >= 0.3 is 5.97 Å². The van der Waals surface area contributed by atoms with Crippen molar-refractivity contribution < 1.29 is 23.8 Å². The van der Waals surface area contributed by atoms with Crippen molar-refractivity contribution in [2.45, 2.75) is 6.10 Å². The van der Waals surface area contributed by atoms with Crippen molar-refractivity contribution in [3.05, 3.63) is 83.8 Å². The number of aromatic nitrogens is 1. The number of hydrogen-bond acceptors (Lipinski definition) is 5. The number of pyridine rings is 1. The van der Waals surface area contributed by atoms with E-state index in [2.05, 4.69) is 4.98 Å². The monoisotopic (exact) mass is 394 g/mol. The van der Waals surface area contributed by atoms with Gasteiger partial charge in [0, 0.05) is 13.1 Å². The number of carboxylic acid groups (broad SMARTS) is 1. The number of benzene rings is 2. The number of carbonyl (C=O) groups is 1. The summed E-state index contributed by atoms with van der Waals surface area (Å²) in [5, 5.41) is 9.15. The van der Waals surface area contributed by atoms with E-state index in [9.17, 15) is 9.18 Å². The maximum absolute atomic E-state index is 13.0. The number of rotatable bonds is 5. The number of aromatic carboxylic acids is 1. The molecule has 3 aromatic rings. The number of carboxylic acids is 1. The summed E-state index contributed by atoms with van der Waals surface area (Å²) in [6.07, 6.45) is -0.168. The summed E-state index contributed by atoms with van der Waals surface area (Å²) >= 11 is 0. The van der Waals surface area contributed by atoms with E-state index in [0.717, 1.165) is 5.56 Å². The van der Waals surface area contributed by atoms with Crippen molar-refractivity contribution in [1.82, 2.24) is 4.98 Å². The van der Waals surface area contributed by atoms with Crippen LogP contribution in [0.3, 0.4) is 0 Å². The van der Waals surface area contributed by atoms with Crippen molar-refractivity contribution in [3.63, 3.8) is 0 Å². The Morgan fingerprint density at radius 3 is 2.45 bits per heavy atom. The van der Waals surface area contributed by atoms with E-state index in [1.807, 2.05) is 29.2 Å². The average molecular weight is 394 g/mol. The van der Waals surface area contributed by atoms with Gasteiger partial charge in [0.25, 0.3) is 0 Å². The summed E-state index contributed by atoms with van der Waals surface area (Å²) in [5.41, 5.74) is 1.00. The molecule has 0 aliphatic carbocycles. The molecule has 4 rings (SSSR count). The fourth-order valence-corrected chi connectivity index (χ4v) is 3.17. The average Bonchev–Trinajstić information content (AvgIpc) is 2.76. The first kappa shape index (κ1) is 18.9. The lowest BCUT2D eigenvalue weighted by molar-refractivity contribution is 0.0395. The molecule has 1 unspecified atom stereocenters. The highest BCUT2D eigenvalue weighted by atomic mass is 19.1. The third-order valence-electron chi connectivity index (χ3n) is 4.65. The molecule has 1 N–H and O–H groups in total. The molecular weight excluding hydrogens is 375 g/mol. The molecule has 1 saturated heterocycles. The Bertz CT molecular complexity index is 992. The predicted molar refractivity (Wildman–Crippen MR) is 105 cm³/mol. The van der Waals surface area contributed by atoms with Crippen LogP contribution in [0, 0.1) is 5.82 Å². The van der Waals surface area contributed by atoms with Gasteiger partial charge in [-0.05, 0) is 54.1 Å². The van der Waals surface area contributed by atoms with Crippen LogP contribution in [0.4, 0.5) is 10.2 Å². The first-order chi connectivity index (χ1) is 14.1. The normalized spacial score (nSPS) is 16.4. The van der Waals surface area contributed by atoms with Gasteiger partial charge in [0.05, 0.1) is 6.61 Å². The first-order valence-corrected chi connectivity index (χ1v) is 9.19. The summed E-state index contributed by atoms with van der Waals surface area (Å²) in [6, 6.07) is 18.3. The quantitative estimate of drug-likeness (QED) is 0.696. The van der Waals surface area contributed by atoms with Crippen LogP contribution in [0.2, 0.25) is 0 Å². The topological polar surface area (TPSA) is 71.9 Å². The van der Waals surface area contributed by atoms with Gasteiger partial charge in [-0.3, -0.25) is 0 Å². The lowest BCUT2D eigenvalue weighted by Gasteiger charge is -2.34. The Morgan fingerprint density at radius 2 is 1.76 bits per heavy atom. The Hall–Kier alpha value is -3.45. The lowest BCUT2D eigenvalue weighted by atomic mass is 10.1. The Balaban J connectivity index is 1.45. The van der Waals surface area contributed by atoms with Gasteiger partial charge in [-0.2, -0.15) is 0 Å². The van der Waals surface area contributed by atoms with Crippen LogP contribution < -0.4 is 9.64 Å². The molecule has 1 fully saturated rings. The molecule has 6 nitrogen and oxygen atoms in total. The van der Waals surface area contributed by atoms with Crippen LogP contribution in [0.25, 0.3) is 0 Å². The second-order valence-corrected chi connectivity index (χ2v) is 6.62. The van der Waals surface area contributed by atoms with Crippen molar-refractivity contribution in [2.24, 2.45) is 0 Å². The molecular formula is C22H19FN2O4. The lowest BCUT2D eigenvalue weighted by Crippen LogP contribution is -2.39. The smallest absolute Gasteiger partial charge is 0.354 e. The number of anilines is 1. The molecule has 29 heavy (non-hydrogen) atoms. The standard InChI is InChI=1S/C22H19FN2O4/c23-16-6-10-18(11-7-16)29-17-8-4-15(5-9-17)20-14-25(12-13-28-20)21-3-1-2-19(24-21)22(26)27/h1-11,20H,12-14H2,(H,26,27). The van der Waals surface area contributed by atoms with Crippen LogP contribution >= 0.6 is 0 Å². The van der Waals surface area contributed by atoms with Crippen LogP contribution in [-0.4, -0.2) is 35.8 Å². The molecule has 148 valence electrons. The highest BCUT2D eigenvalue weighted by Gasteiger charge is 2.23. The van der Waals surface area contributed by atoms with E-state index >= 15 is 0 Å². The zero-order valence-electron chi connectivity index (χ0n) is 15.5. The predicted octanol–water partition coefficient (Wildman–Crippen LogP) is 4.29. The molecule has 1 aliphatic rings. The summed E-state index contributed by atoms with van der Waals surface area (Å²) in [4.78, 5) is 17.4. The molecule has 1 aliphatic heterocycles. The minimum atomic E-state index is -1.05. The molecule has 0 bridgehead atoms. The van der Waals surface area contributed by atoms with Crippen molar-refractivity contribution in [2.75, 3.05) is 24.6 Å². The Kier molecular flexibility index (Phi) is 5.39. The first-order valence-electron chi connectivity index (χ1n) is 9.19. The SMILES string of the molecule is O=C(O)c1cccc(N2CCOC(c3ccc(Oc4ccc(F)cc4)cc3)C2)n1. The summed E-state index contributed by atoms with van der Waals surface area (Å²) in [7, 11) is 0. The largest absolute Gasteiger partial charge is 0.477 e. The molecule has 2 aromatic carbocycles. The third-order valence-corrected chi connectivity index (χ3v) is 4.65. The van der Waals surface area contributed by atoms with Gasteiger partial charge < -0.3 is 19.5 Å². The second-order valence-electron chi connectivity index (χ2n) is 6.62. The molecule has 0 amide bonds. The zero-order valence-corrected chi connectivity index (χ0v) is 15.5. The number of hydrogen-bond donors (Lipinski definition) is 1. The van der Waals surface area contributed by atoms with Gasteiger partial charge in [-0.25, -0.2) is 14.2 Å². The number of nitrogens with zero attached hydrogens (tertiary/aromatic N) is 2. The molecule has 0 spiro atoms. The van der Waals surface area contributed by atoms with Crippen LogP contribution in [0.5, 0.6) is 11.5 Å². The van der Waals surface area contributed by atoms with Gasteiger partial charge in [-0.1, -0.05) is 18.2 Å². The van der Waals surface area contributed by atoms with Crippen LogP contribution in [0.15, 0.2) is 66.7 Å². The van der Waals surface area contributed by atoms with E-state index in [-0.39, 0.29) is 17.6 Å². The number of halogens is 1. The van der Waals surface area contributed by atoms with E-state index in [4.69, 9.17) is 14.6 Å². The molecule has 1 aromatic heterocycles. The van der Waals surface area contributed by atoms with Gasteiger partial charge in [0.1, 0.15) is 29.2 Å². The van der Waals surface area contributed by atoms with Crippen molar-refractivity contribution >= 4 is 11.8 Å². The number of morpholine rings is 1. The highest BCUT2D eigenvalue weighted by molar-refractivity contribution is 5.85. The number of ether oxygens (including phenoxy) is 2. The van der Waals surface area contributed by atoms with Gasteiger partial charge in [-0.15, -0.1) is 0 Å². The van der Waals surface area contributed by atoms with Crippen molar-refractivity contribution in [3.8, 4) is 11.5 Å². The minimum Gasteiger partial charge on any atom is -0.477 e. The Morgan fingerprint density at radius 1 is 1.07 bits per heavy atom. The molecule has 0 saturated carbocycles. The highest BCUT2D eigenvalue weighted by Crippen LogP contribution is 2.28. The molecule has 2 heterocycles. The van der Waals surface area contributed by atoms with E-state index in [1.54, 1.807) is 24.3 Å². The fourth-order valence-electron chi connectivity index (χ4n) is 3.17. The minimum absolute atomic E-state index is 0.0211. The van der Waals surface area contributed by atoms with Crippen molar-refractivity contribution in [1.29, 1.82) is 0 Å². The van der Waals surface area contributed by atoms with Gasteiger partial charge in [0.15, 0.2) is 5.69 Å².